The van der Waals surface area contributed by atoms with Gasteiger partial charge in [0.25, 0.3) is 0 Å². The van der Waals surface area contributed by atoms with Gasteiger partial charge in [0, 0.05) is 12.1 Å². The molecule has 2 heterocycles. The number of nitrogens with zero attached hydrogens (tertiary/aromatic N) is 5. The Balaban J connectivity index is 1.77. The molecule has 0 bridgehead atoms. The van der Waals surface area contributed by atoms with Crippen LogP contribution in [0, 0.1) is 11.3 Å². The van der Waals surface area contributed by atoms with Gasteiger partial charge in [-0.1, -0.05) is 29.5 Å². The first-order valence-electron chi connectivity index (χ1n) is 8.15. The predicted molar refractivity (Wildman–Crippen MR) is 90.3 cm³/mol. The molecular formula is C19H15N5O. The highest BCUT2D eigenvalue weighted by atomic mass is 16.1. The van der Waals surface area contributed by atoms with E-state index in [1.165, 1.54) is 0 Å². The fourth-order valence-corrected chi connectivity index (χ4v) is 2.89. The Kier molecular flexibility index (Phi) is 3.82. The van der Waals surface area contributed by atoms with Crippen molar-refractivity contribution in [3.05, 3.63) is 71.8 Å². The zero-order chi connectivity index (χ0) is 17.2. The molecule has 0 aliphatic heterocycles. The molecule has 0 spiro atoms. The molecule has 122 valence electrons. The molecule has 2 aromatic heterocycles. The van der Waals surface area contributed by atoms with Crippen molar-refractivity contribution in [1.82, 2.24) is 20.0 Å². The highest BCUT2D eigenvalue weighted by Crippen LogP contribution is 2.42. The molecule has 1 aliphatic rings. The molecule has 0 N–H and O–H groups in total. The summed E-state index contributed by atoms with van der Waals surface area (Å²) < 4.78 is 1.72. The third-order valence-corrected chi connectivity index (χ3v) is 4.28. The van der Waals surface area contributed by atoms with Crippen molar-refractivity contribution in [2.75, 3.05) is 0 Å². The van der Waals surface area contributed by atoms with Gasteiger partial charge < -0.3 is 0 Å². The van der Waals surface area contributed by atoms with Gasteiger partial charge in [-0.3, -0.25) is 9.78 Å². The molecule has 6 heteroatoms. The molecule has 0 amide bonds. The van der Waals surface area contributed by atoms with Crippen LogP contribution < -0.4 is 0 Å². The van der Waals surface area contributed by atoms with Crippen molar-refractivity contribution in [3.63, 3.8) is 0 Å². The number of aromatic nitrogens is 4. The van der Waals surface area contributed by atoms with E-state index >= 15 is 0 Å². The normalized spacial score (nSPS) is 14.7. The summed E-state index contributed by atoms with van der Waals surface area (Å²) in [6.07, 6.45) is 3.58. The lowest BCUT2D eigenvalue weighted by molar-refractivity contribution is 0.0971. The number of rotatable bonds is 5. The minimum atomic E-state index is -0.973. The minimum Gasteiger partial charge on any atom is -0.290 e. The van der Waals surface area contributed by atoms with Crippen molar-refractivity contribution in [1.29, 1.82) is 5.26 Å². The van der Waals surface area contributed by atoms with Crippen LogP contribution >= 0.6 is 0 Å². The molecule has 1 atom stereocenters. The lowest BCUT2D eigenvalue weighted by Gasteiger charge is -2.09. The summed E-state index contributed by atoms with van der Waals surface area (Å²) in [5.41, 5.74) is 2.38. The molecule has 0 radical (unpaired) electrons. The Morgan fingerprint density at radius 2 is 1.92 bits per heavy atom. The van der Waals surface area contributed by atoms with Gasteiger partial charge in [-0.15, -0.1) is 5.10 Å². The molecule has 6 nitrogen and oxygen atoms in total. The van der Waals surface area contributed by atoms with E-state index in [4.69, 9.17) is 0 Å². The standard InChI is InChI=1S/C19H15N5O/c20-12-15(16-8-4-5-11-21-16)19(25)17-18(13-9-10-13)24(23-22-17)14-6-2-1-3-7-14/h1-8,11,13,15H,9-10H2. The van der Waals surface area contributed by atoms with Crippen LogP contribution in [0.15, 0.2) is 54.7 Å². The van der Waals surface area contributed by atoms with E-state index in [0.717, 1.165) is 24.2 Å². The lowest BCUT2D eigenvalue weighted by Crippen LogP contribution is -2.15. The van der Waals surface area contributed by atoms with Crippen LogP contribution in [0.1, 0.15) is 46.6 Å². The van der Waals surface area contributed by atoms with Crippen LogP contribution in [0.4, 0.5) is 0 Å². The Morgan fingerprint density at radius 1 is 1.16 bits per heavy atom. The van der Waals surface area contributed by atoms with E-state index in [1.54, 1.807) is 29.1 Å². The monoisotopic (exact) mass is 329 g/mol. The number of para-hydroxylation sites is 1. The smallest absolute Gasteiger partial charge is 0.208 e. The Labute approximate surface area is 144 Å². The maximum Gasteiger partial charge on any atom is 0.208 e. The highest BCUT2D eigenvalue weighted by molar-refractivity contribution is 6.02. The number of ketones is 1. The average Bonchev–Trinajstić information content (AvgIpc) is 3.41. The fraction of sp³-hybridized carbons (Fsp3) is 0.211. The zero-order valence-corrected chi connectivity index (χ0v) is 13.4. The molecule has 3 aromatic rings. The number of nitriles is 1. The van der Waals surface area contributed by atoms with Crippen LogP contribution in [0.25, 0.3) is 5.69 Å². The third kappa shape index (κ3) is 2.81. The predicted octanol–water partition coefficient (Wildman–Crippen LogP) is 3.03. The molecule has 1 unspecified atom stereocenters. The van der Waals surface area contributed by atoms with Gasteiger partial charge in [0.2, 0.25) is 5.78 Å². The summed E-state index contributed by atoms with van der Waals surface area (Å²) in [4.78, 5) is 17.1. The van der Waals surface area contributed by atoms with Crippen molar-refractivity contribution >= 4 is 5.78 Å². The van der Waals surface area contributed by atoms with Crippen molar-refractivity contribution in [2.45, 2.75) is 24.7 Å². The summed E-state index contributed by atoms with van der Waals surface area (Å²) in [6, 6.07) is 16.9. The van der Waals surface area contributed by atoms with E-state index in [0.29, 0.717) is 5.69 Å². The largest absolute Gasteiger partial charge is 0.290 e. The van der Waals surface area contributed by atoms with E-state index < -0.39 is 5.92 Å². The first-order chi connectivity index (χ1) is 12.3. The number of hydrogen-bond donors (Lipinski definition) is 0. The van der Waals surface area contributed by atoms with Gasteiger partial charge >= 0.3 is 0 Å². The first-order valence-corrected chi connectivity index (χ1v) is 8.15. The number of Topliss-reactive ketones (excluding diaryl/α,β-unsaturated/α-hetero) is 1. The van der Waals surface area contributed by atoms with Crippen molar-refractivity contribution < 1.29 is 4.79 Å². The second kappa shape index (κ2) is 6.29. The van der Waals surface area contributed by atoms with Crippen LogP contribution in [0.3, 0.4) is 0 Å². The van der Waals surface area contributed by atoms with Crippen molar-refractivity contribution in [3.8, 4) is 11.8 Å². The van der Waals surface area contributed by atoms with Gasteiger partial charge in [-0.05, 0) is 37.1 Å². The lowest BCUT2D eigenvalue weighted by atomic mass is 9.97. The van der Waals surface area contributed by atoms with Gasteiger partial charge in [0.05, 0.1) is 23.1 Å². The summed E-state index contributed by atoms with van der Waals surface area (Å²) in [6.45, 7) is 0. The van der Waals surface area contributed by atoms with E-state index in [9.17, 15) is 10.1 Å². The van der Waals surface area contributed by atoms with Gasteiger partial charge in [-0.25, -0.2) is 4.68 Å². The Hall–Kier alpha value is -3.33. The topological polar surface area (TPSA) is 84.5 Å². The average molecular weight is 329 g/mol. The van der Waals surface area contributed by atoms with Crippen LogP contribution in [-0.2, 0) is 0 Å². The zero-order valence-electron chi connectivity index (χ0n) is 13.4. The number of benzene rings is 1. The fourth-order valence-electron chi connectivity index (χ4n) is 2.89. The number of carbonyl (C=O) groups excluding carboxylic acids is 1. The van der Waals surface area contributed by atoms with Gasteiger partial charge in [-0.2, -0.15) is 5.26 Å². The Bertz CT molecular complexity index is 939. The number of pyridine rings is 1. The summed E-state index contributed by atoms with van der Waals surface area (Å²) in [7, 11) is 0. The molecule has 1 aromatic carbocycles. The second-order valence-electron chi connectivity index (χ2n) is 6.03. The molecule has 4 rings (SSSR count). The van der Waals surface area contributed by atoms with Gasteiger partial charge in [0.1, 0.15) is 0 Å². The molecule has 1 aliphatic carbocycles. The quantitative estimate of drug-likeness (QED) is 0.672. The molecule has 1 saturated carbocycles. The van der Waals surface area contributed by atoms with E-state index in [-0.39, 0.29) is 17.4 Å². The maximum absolute atomic E-state index is 13.0. The van der Waals surface area contributed by atoms with Crippen LogP contribution in [0.2, 0.25) is 0 Å². The number of carbonyl (C=O) groups is 1. The maximum atomic E-state index is 13.0. The van der Waals surface area contributed by atoms with Crippen LogP contribution in [0.5, 0.6) is 0 Å². The van der Waals surface area contributed by atoms with E-state index in [1.807, 2.05) is 30.3 Å². The minimum absolute atomic E-state index is 0.261. The third-order valence-electron chi connectivity index (χ3n) is 4.28. The second-order valence-corrected chi connectivity index (χ2v) is 6.03. The summed E-state index contributed by atoms with van der Waals surface area (Å²) in [5.74, 6) is -1.05. The summed E-state index contributed by atoms with van der Waals surface area (Å²) >= 11 is 0. The SMILES string of the molecule is N#CC(C(=O)c1nnn(-c2ccccc2)c1C1CC1)c1ccccn1. The molecule has 1 fully saturated rings. The van der Waals surface area contributed by atoms with E-state index in [2.05, 4.69) is 21.4 Å². The first kappa shape index (κ1) is 15.2. The molecule has 25 heavy (non-hydrogen) atoms. The van der Waals surface area contributed by atoms with Crippen LogP contribution in [-0.4, -0.2) is 25.8 Å². The van der Waals surface area contributed by atoms with Gasteiger partial charge in [0.15, 0.2) is 11.6 Å². The number of hydrogen-bond acceptors (Lipinski definition) is 5. The molecular weight excluding hydrogens is 314 g/mol. The van der Waals surface area contributed by atoms with Crippen molar-refractivity contribution in [2.24, 2.45) is 0 Å². The summed E-state index contributed by atoms with van der Waals surface area (Å²) in [5, 5.41) is 17.8. The molecule has 0 saturated heterocycles. The highest BCUT2D eigenvalue weighted by Gasteiger charge is 2.37. The Morgan fingerprint density at radius 3 is 2.56 bits per heavy atom.